The molecular formula is C16H23NO5S. The lowest BCUT2D eigenvalue weighted by Crippen LogP contribution is -2.48. The average molecular weight is 341 g/mol. The summed E-state index contributed by atoms with van der Waals surface area (Å²) < 4.78 is 32.2. The lowest BCUT2D eigenvalue weighted by atomic mass is 9.96. The number of hydrogen-bond acceptors (Lipinski definition) is 4. The molecule has 1 aromatic rings. The lowest BCUT2D eigenvalue weighted by molar-refractivity contribution is -0.143. The maximum absolute atomic E-state index is 12.8. The molecule has 0 saturated carbocycles. The number of methoxy groups -OCH3 is 1. The molecule has 3 atom stereocenters. The van der Waals surface area contributed by atoms with E-state index in [1.54, 1.807) is 0 Å². The van der Waals surface area contributed by atoms with Gasteiger partial charge in [-0.15, -0.1) is 0 Å². The van der Waals surface area contributed by atoms with E-state index in [2.05, 4.69) is 0 Å². The number of benzene rings is 1. The van der Waals surface area contributed by atoms with Crippen LogP contribution >= 0.6 is 0 Å². The van der Waals surface area contributed by atoms with Gasteiger partial charge in [-0.25, -0.2) is 8.42 Å². The Morgan fingerprint density at radius 1 is 1.35 bits per heavy atom. The third-order valence-corrected chi connectivity index (χ3v) is 6.30. The van der Waals surface area contributed by atoms with Crippen molar-refractivity contribution in [1.82, 2.24) is 4.31 Å². The van der Waals surface area contributed by atoms with Gasteiger partial charge in [-0.1, -0.05) is 30.3 Å². The van der Waals surface area contributed by atoms with Crippen LogP contribution in [-0.4, -0.2) is 49.2 Å². The molecular weight excluding hydrogens is 318 g/mol. The minimum absolute atomic E-state index is 0.0318. The highest BCUT2D eigenvalue weighted by atomic mass is 32.2. The Morgan fingerprint density at radius 3 is 2.57 bits per heavy atom. The van der Waals surface area contributed by atoms with E-state index in [-0.39, 0.29) is 18.3 Å². The number of nitrogens with zero attached hydrogens (tertiary/aromatic N) is 1. The number of sulfonamides is 1. The second-order valence-corrected chi connectivity index (χ2v) is 7.91. The van der Waals surface area contributed by atoms with Crippen molar-refractivity contribution in [1.29, 1.82) is 0 Å². The van der Waals surface area contributed by atoms with Crippen LogP contribution in [0.25, 0.3) is 0 Å². The van der Waals surface area contributed by atoms with Crippen LogP contribution in [-0.2, 0) is 19.6 Å². The predicted molar refractivity (Wildman–Crippen MR) is 86.5 cm³/mol. The van der Waals surface area contributed by atoms with E-state index in [0.29, 0.717) is 12.8 Å². The summed E-state index contributed by atoms with van der Waals surface area (Å²) in [4.78, 5) is 11.2. The summed E-state index contributed by atoms with van der Waals surface area (Å²) in [5, 5.41) is 9.17. The van der Waals surface area contributed by atoms with Gasteiger partial charge < -0.3 is 9.84 Å². The van der Waals surface area contributed by atoms with E-state index in [1.807, 2.05) is 37.3 Å². The Balaban J connectivity index is 2.17. The fourth-order valence-corrected chi connectivity index (χ4v) is 4.88. The van der Waals surface area contributed by atoms with Crippen molar-refractivity contribution >= 4 is 16.0 Å². The molecule has 0 radical (unpaired) electrons. The fraction of sp³-hybridized carbons (Fsp3) is 0.562. The highest BCUT2D eigenvalue weighted by Gasteiger charge is 2.37. The molecule has 1 saturated heterocycles. The minimum atomic E-state index is -3.61. The van der Waals surface area contributed by atoms with Crippen molar-refractivity contribution in [2.75, 3.05) is 19.4 Å². The van der Waals surface area contributed by atoms with E-state index in [9.17, 15) is 13.2 Å². The quantitative estimate of drug-likeness (QED) is 0.854. The van der Waals surface area contributed by atoms with Crippen LogP contribution in [0, 0.1) is 5.92 Å². The molecule has 128 valence electrons. The summed E-state index contributed by atoms with van der Waals surface area (Å²) in [6.07, 6.45) is 0.493. The molecule has 23 heavy (non-hydrogen) atoms. The van der Waals surface area contributed by atoms with Gasteiger partial charge in [0.05, 0.1) is 17.8 Å². The number of carbonyl (C=O) groups is 1. The molecule has 1 N–H and O–H groups in total. The summed E-state index contributed by atoms with van der Waals surface area (Å²) in [5.74, 6) is -1.77. The van der Waals surface area contributed by atoms with Gasteiger partial charge in [-0.3, -0.25) is 4.79 Å². The summed E-state index contributed by atoms with van der Waals surface area (Å²) in [6, 6.07) is 8.97. The number of carboxylic acid groups (broad SMARTS) is 1. The molecule has 1 aliphatic rings. The standard InChI is InChI=1S/C16H23NO5S/c1-12-8-9-14(16(18)19)10-17(12)23(20,21)11-15(22-2)13-6-4-3-5-7-13/h3-7,12,14-15H,8-11H2,1-2H3,(H,18,19). The molecule has 0 spiro atoms. The normalized spacial score (nSPS) is 24.3. The Bertz CT molecular complexity index is 631. The summed E-state index contributed by atoms with van der Waals surface area (Å²) in [6.45, 7) is 1.85. The molecule has 0 aromatic heterocycles. The molecule has 1 aromatic carbocycles. The highest BCUT2D eigenvalue weighted by Crippen LogP contribution is 2.28. The Morgan fingerprint density at radius 2 is 2.00 bits per heavy atom. The first-order valence-corrected chi connectivity index (χ1v) is 9.26. The molecule has 0 amide bonds. The molecule has 1 aliphatic heterocycles. The van der Waals surface area contributed by atoms with E-state index >= 15 is 0 Å². The van der Waals surface area contributed by atoms with Crippen LogP contribution < -0.4 is 0 Å². The zero-order valence-corrected chi connectivity index (χ0v) is 14.2. The first kappa shape index (κ1) is 17.9. The maximum atomic E-state index is 12.8. The van der Waals surface area contributed by atoms with E-state index in [1.165, 1.54) is 11.4 Å². The Hall–Kier alpha value is -1.44. The summed E-state index contributed by atoms with van der Waals surface area (Å²) >= 11 is 0. The van der Waals surface area contributed by atoms with E-state index < -0.39 is 28.0 Å². The van der Waals surface area contributed by atoms with Crippen molar-refractivity contribution in [2.24, 2.45) is 5.92 Å². The molecule has 0 aliphatic carbocycles. The van der Waals surface area contributed by atoms with Crippen LogP contribution in [0.2, 0.25) is 0 Å². The molecule has 6 nitrogen and oxygen atoms in total. The van der Waals surface area contributed by atoms with Gasteiger partial charge in [-0.05, 0) is 25.3 Å². The van der Waals surface area contributed by atoms with Crippen LogP contribution in [0.15, 0.2) is 30.3 Å². The van der Waals surface area contributed by atoms with Crippen LogP contribution in [0.1, 0.15) is 31.4 Å². The van der Waals surface area contributed by atoms with Crippen LogP contribution in [0.3, 0.4) is 0 Å². The van der Waals surface area contributed by atoms with E-state index in [0.717, 1.165) is 5.56 Å². The smallest absolute Gasteiger partial charge is 0.307 e. The lowest BCUT2D eigenvalue weighted by Gasteiger charge is -2.36. The van der Waals surface area contributed by atoms with E-state index in [4.69, 9.17) is 9.84 Å². The van der Waals surface area contributed by atoms with Crippen molar-refractivity contribution < 1.29 is 23.1 Å². The number of ether oxygens (including phenoxy) is 1. The molecule has 2 rings (SSSR count). The topological polar surface area (TPSA) is 83.9 Å². The Kier molecular flexibility index (Phi) is 5.78. The Labute approximate surface area is 137 Å². The molecule has 7 heteroatoms. The number of rotatable bonds is 6. The number of hydrogen-bond donors (Lipinski definition) is 1. The van der Waals surface area contributed by atoms with Gasteiger partial charge >= 0.3 is 5.97 Å². The second-order valence-electron chi connectivity index (χ2n) is 5.94. The minimum Gasteiger partial charge on any atom is -0.481 e. The highest BCUT2D eigenvalue weighted by molar-refractivity contribution is 7.89. The van der Waals surface area contributed by atoms with Crippen molar-refractivity contribution in [2.45, 2.75) is 31.9 Å². The zero-order valence-electron chi connectivity index (χ0n) is 13.4. The first-order chi connectivity index (χ1) is 10.8. The molecule has 1 heterocycles. The van der Waals surface area contributed by atoms with Crippen molar-refractivity contribution in [3.63, 3.8) is 0 Å². The van der Waals surface area contributed by atoms with Gasteiger partial charge in [0.1, 0.15) is 0 Å². The third kappa shape index (κ3) is 4.31. The average Bonchev–Trinajstić information content (AvgIpc) is 2.53. The van der Waals surface area contributed by atoms with Gasteiger partial charge in [0.2, 0.25) is 10.0 Å². The van der Waals surface area contributed by atoms with Gasteiger partial charge in [-0.2, -0.15) is 4.31 Å². The van der Waals surface area contributed by atoms with Crippen molar-refractivity contribution in [3.8, 4) is 0 Å². The summed E-state index contributed by atoms with van der Waals surface area (Å²) in [7, 11) is -2.13. The SMILES string of the molecule is COC(CS(=O)(=O)N1CC(C(=O)O)CCC1C)c1ccccc1. The van der Waals surface area contributed by atoms with Gasteiger partial charge in [0.25, 0.3) is 0 Å². The predicted octanol–water partition coefficient (Wildman–Crippen LogP) is 1.89. The first-order valence-electron chi connectivity index (χ1n) is 7.65. The molecule has 0 bridgehead atoms. The number of piperidine rings is 1. The maximum Gasteiger partial charge on any atom is 0.307 e. The number of carboxylic acids is 1. The largest absolute Gasteiger partial charge is 0.481 e. The van der Waals surface area contributed by atoms with Gasteiger partial charge in [0, 0.05) is 19.7 Å². The van der Waals surface area contributed by atoms with Crippen LogP contribution in [0.4, 0.5) is 0 Å². The van der Waals surface area contributed by atoms with Crippen molar-refractivity contribution in [3.05, 3.63) is 35.9 Å². The third-order valence-electron chi connectivity index (χ3n) is 4.35. The monoisotopic (exact) mass is 341 g/mol. The fourth-order valence-electron chi connectivity index (χ4n) is 2.92. The molecule has 3 unspecified atom stereocenters. The van der Waals surface area contributed by atoms with Crippen LogP contribution in [0.5, 0.6) is 0 Å². The molecule has 1 fully saturated rings. The zero-order chi connectivity index (χ0) is 17.0. The van der Waals surface area contributed by atoms with Gasteiger partial charge in [0.15, 0.2) is 0 Å². The number of aliphatic carboxylic acids is 1. The summed E-state index contributed by atoms with van der Waals surface area (Å²) in [5.41, 5.74) is 0.790. The second kappa shape index (κ2) is 7.42.